The van der Waals surface area contributed by atoms with Gasteiger partial charge in [-0.25, -0.2) is 18.6 Å². The van der Waals surface area contributed by atoms with Crippen LogP contribution in [-0.4, -0.2) is 18.1 Å². The smallest absolute Gasteiger partial charge is 0.339 e. The number of ether oxygens (including phenoxy) is 1. The summed E-state index contributed by atoms with van der Waals surface area (Å²) in [5.41, 5.74) is -0.253. The lowest BCUT2D eigenvalue weighted by Crippen LogP contribution is -2.10. The molecule has 16 heavy (non-hydrogen) atoms. The van der Waals surface area contributed by atoms with E-state index in [4.69, 9.17) is 0 Å². The molecule has 0 atom stereocenters. The molecule has 7 heteroatoms. The van der Waals surface area contributed by atoms with Crippen LogP contribution in [0, 0.1) is 3.57 Å². The van der Waals surface area contributed by atoms with Crippen molar-refractivity contribution in [2.24, 2.45) is 0 Å². The van der Waals surface area contributed by atoms with E-state index in [9.17, 15) is 13.6 Å². The summed E-state index contributed by atoms with van der Waals surface area (Å²) in [5.74, 6) is -0.804. The van der Waals surface area contributed by atoms with Crippen LogP contribution in [0.3, 0.4) is 0 Å². The lowest BCUT2D eigenvalue weighted by Gasteiger charge is -2.09. The SMILES string of the molecule is COC(=O)c1cc(I)c(CBr)nc1C(F)F. The van der Waals surface area contributed by atoms with Crippen molar-refractivity contribution in [2.75, 3.05) is 7.11 Å². The van der Waals surface area contributed by atoms with Crippen LogP contribution >= 0.6 is 38.5 Å². The van der Waals surface area contributed by atoms with Gasteiger partial charge >= 0.3 is 5.97 Å². The van der Waals surface area contributed by atoms with Crippen molar-refractivity contribution < 1.29 is 18.3 Å². The lowest BCUT2D eigenvalue weighted by molar-refractivity contribution is 0.0587. The third kappa shape index (κ3) is 2.88. The van der Waals surface area contributed by atoms with Crippen molar-refractivity contribution in [1.82, 2.24) is 4.98 Å². The molecule has 0 N–H and O–H groups in total. The van der Waals surface area contributed by atoms with E-state index in [-0.39, 0.29) is 5.56 Å². The molecule has 0 radical (unpaired) electrons. The van der Waals surface area contributed by atoms with Crippen LogP contribution < -0.4 is 0 Å². The summed E-state index contributed by atoms with van der Waals surface area (Å²) in [4.78, 5) is 15.0. The summed E-state index contributed by atoms with van der Waals surface area (Å²) in [7, 11) is 1.14. The van der Waals surface area contributed by atoms with Crippen molar-refractivity contribution in [3.05, 3.63) is 26.6 Å². The van der Waals surface area contributed by atoms with Crippen LogP contribution in [0.15, 0.2) is 6.07 Å². The highest BCUT2D eigenvalue weighted by Crippen LogP contribution is 2.25. The van der Waals surface area contributed by atoms with Gasteiger partial charge in [0.05, 0.1) is 18.4 Å². The molecule has 0 fully saturated rings. The molecule has 0 saturated heterocycles. The Labute approximate surface area is 113 Å². The summed E-state index contributed by atoms with van der Waals surface area (Å²) < 4.78 is 30.4. The number of carbonyl (C=O) groups is 1. The number of halogens is 4. The van der Waals surface area contributed by atoms with Crippen molar-refractivity contribution in [1.29, 1.82) is 0 Å². The molecular weight excluding hydrogens is 399 g/mol. The Morgan fingerprint density at radius 2 is 2.31 bits per heavy atom. The molecule has 0 aromatic carbocycles. The molecule has 1 aromatic rings. The molecule has 0 saturated carbocycles. The average Bonchev–Trinajstić information content (AvgIpc) is 2.27. The molecule has 0 aliphatic rings. The van der Waals surface area contributed by atoms with Gasteiger partial charge in [0.15, 0.2) is 0 Å². The highest BCUT2D eigenvalue weighted by atomic mass is 127. The minimum Gasteiger partial charge on any atom is -0.465 e. The van der Waals surface area contributed by atoms with Gasteiger partial charge < -0.3 is 4.74 Å². The van der Waals surface area contributed by atoms with Crippen molar-refractivity contribution >= 4 is 44.5 Å². The monoisotopic (exact) mass is 405 g/mol. The van der Waals surface area contributed by atoms with E-state index in [1.165, 1.54) is 6.07 Å². The summed E-state index contributed by atoms with van der Waals surface area (Å²) in [5, 5.41) is 0.354. The Morgan fingerprint density at radius 3 is 2.75 bits per heavy atom. The van der Waals surface area contributed by atoms with E-state index >= 15 is 0 Å². The second-order valence-electron chi connectivity index (χ2n) is 2.78. The zero-order chi connectivity index (χ0) is 12.3. The number of rotatable bonds is 3. The highest BCUT2D eigenvalue weighted by Gasteiger charge is 2.22. The van der Waals surface area contributed by atoms with Gasteiger partial charge in [-0.2, -0.15) is 0 Å². The van der Waals surface area contributed by atoms with Crippen LogP contribution in [-0.2, 0) is 10.1 Å². The van der Waals surface area contributed by atoms with Gasteiger partial charge in [-0.15, -0.1) is 0 Å². The predicted octanol–water partition coefficient (Wildman–Crippen LogP) is 3.31. The molecule has 88 valence electrons. The Morgan fingerprint density at radius 1 is 1.69 bits per heavy atom. The maximum absolute atomic E-state index is 12.7. The number of nitrogens with zero attached hydrogens (tertiary/aromatic N) is 1. The second kappa shape index (κ2) is 5.85. The Balaban J connectivity index is 3.36. The van der Waals surface area contributed by atoms with Crippen molar-refractivity contribution in [3.63, 3.8) is 0 Å². The molecule has 0 bridgehead atoms. The van der Waals surface area contributed by atoms with Crippen LogP contribution in [0.5, 0.6) is 0 Å². The molecule has 0 aliphatic carbocycles. The number of methoxy groups -OCH3 is 1. The molecule has 1 rings (SSSR count). The van der Waals surface area contributed by atoms with Crippen LogP contribution in [0.25, 0.3) is 0 Å². The summed E-state index contributed by atoms with van der Waals surface area (Å²) in [6.45, 7) is 0. The highest BCUT2D eigenvalue weighted by molar-refractivity contribution is 14.1. The zero-order valence-electron chi connectivity index (χ0n) is 8.14. The summed E-state index contributed by atoms with van der Waals surface area (Å²) in [6, 6.07) is 1.36. The fourth-order valence-electron chi connectivity index (χ4n) is 1.08. The maximum atomic E-state index is 12.7. The van der Waals surface area contributed by atoms with Gasteiger partial charge in [0.1, 0.15) is 5.69 Å². The van der Waals surface area contributed by atoms with Crippen molar-refractivity contribution in [2.45, 2.75) is 11.8 Å². The lowest BCUT2D eigenvalue weighted by atomic mass is 10.2. The molecule has 0 aliphatic heterocycles. The standard InChI is InChI=1S/C9H7BrF2INO2/c1-16-9(15)4-2-5(13)6(3-10)14-7(4)8(11)12/h2,8H,3H2,1H3. The van der Waals surface area contributed by atoms with Gasteiger partial charge in [-0.3, -0.25) is 0 Å². The quantitative estimate of drug-likeness (QED) is 0.440. The molecule has 0 unspecified atom stereocenters. The number of hydrogen-bond donors (Lipinski definition) is 0. The molecule has 1 heterocycles. The van der Waals surface area contributed by atoms with Gasteiger partial charge in [0.25, 0.3) is 6.43 Å². The van der Waals surface area contributed by atoms with Gasteiger partial charge in [-0.05, 0) is 28.7 Å². The van der Waals surface area contributed by atoms with Gasteiger partial charge in [0.2, 0.25) is 0 Å². The van der Waals surface area contributed by atoms with Gasteiger partial charge in [0, 0.05) is 8.90 Å². The first-order chi connectivity index (χ1) is 7.51. The molecule has 0 spiro atoms. The van der Waals surface area contributed by atoms with Gasteiger partial charge in [-0.1, -0.05) is 15.9 Å². The Hall–Kier alpha value is -0.310. The van der Waals surface area contributed by atoms with E-state index in [0.29, 0.717) is 14.6 Å². The van der Waals surface area contributed by atoms with E-state index in [1.807, 2.05) is 22.6 Å². The number of pyridine rings is 1. The van der Waals surface area contributed by atoms with Crippen LogP contribution in [0.2, 0.25) is 0 Å². The Bertz CT molecular complexity index is 415. The topological polar surface area (TPSA) is 39.2 Å². The second-order valence-corrected chi connectivity index (χ2v) is 4.50. The summed E-state index contributed by atoms with van der Waals surface area (Å²) >= 11 is 5.07. The number of carbonyl (C=O) groups excluding carboxylic acids is 1. The minimum atomic E-state index is -2.80. The molecule has 0 amide bonds. The zero-order valence-corrected chi connectivity index (χ0v) is 11.9. The first-order valence-electron chi connectivity index (χ1n) is 4.13. The molecule has 3 nitrogen and oxygen atoms in total. The van der Waals surface area contributed by atoms with Crippen LogP contribution in [0.4, 0.5) is 8.78 Å². The van der Waals surface area contributed by atoms with Crippen molar-refractivity contribution in [3.8, 4) is 0 Å². The largest absolute Gasteiger partial charge is 0.465 e. The summed E-state index contributed by atoms with van der Waals surface area (Å²) in [6.07, 6.45) is -2.80. The molecule has 1 aromatic heterocycles. The fourth-order valence-corrected chi connectivity index (χ4v) is 2.65. The number of alkyl halides is 3. The number of aromatic nitrogens is 1. The maximum Gasteiger partial charge on any atom is 0.339 e. The first kappa shape index (κ1) is 13.8. The fraction of sp³-hybridized carbons (Fsp3) is 0.333. The van der Waals surface area contributed by atoms with E-state index in [2.05, 4.69) is 25.7 Å². The minimum absolute atomic E-state index is 0.188. The van der Waals surface area contributed by atoms with E-state index < -0.39 is 18.1 Å². The predicted molar refractivity (Wildman–Crippen MR) is 65.9 cm³/mol. The van der Waals surface area contributed by atoms with E-state index in [0.717, 1.165) is 7.11 Å². The first-order valence-corrected chi connectivity index (χ1v) is 6.33. The molecular formula is C9H7BrF2INO2. The third-order valence-electron chi connectivity index (χ3n) is 1.82. The normalized spacial score (nSPS) is 10.6. The number of esters is 1. The average molecular weight is 406 g/mol. The van der Waals surface area contributed by atoms with Crippen LogP contribution in [0.1, 0.15) is 28.2 Å². The third-order valence-corrected chi connectivity index (χ3v) is 3.28. The van der Waals surface area contributed by atoms with E-state index in [1.54, 1.807) is 0 Å². The number of hydrogen-bond acceptors (Lipinski definition) is 3. The Kier molecular flexibility index (Phi) is 5.03.